The highest BCUT2D eigenvalue weighted by Gasteiger charge is 2.42. The molecule has 2 aromatic rings. The van der Waals surface area contributed by atoms with Gasteiger partial charge in [-0.1, -0.05) is 26.7 Å². The molecule has 0 unspecified atom stereocenters. The molecule has 0 aromatic heterocycles. The molecule has 1 heterocycles. The maximum atomic E-state index is 13.1. The number of hydrogen-bond donors (Lipinski definition) is 5. The number of hydrogen-bond acceptors (Lipinski definition) is 8. The SMILES string of the molecule is CCC(CC)CO[C@H]1C(=O)c2c(O)cc(O)cc2O[C@@H]1c1cc(O)c(O)c(O)c1. The second-order valence-electron chi connectivity index (χ2n) is 7.08. The molecule has 0 saturated heterocycles. The summed E-state index contributed by atoms with van der Waals surface area (Å²) in [7, 11) is 0. The number of aromatic hydroxyl groups is 5. The molecule has 0 amide bonds. The highest BCUT2D eigenvalue weighted by Crippen LogP contribution is 2.45. The molecule has 0 spiro atoms. The molecule has 29 heavy (non-hydrogen) atoms. The number of phenolic OH excluding ortho intramolecular Hbond substituents is 5. The van der Waals surface area contributed by atoms with E-state index < -0.39 is 41.0 Å². The van der Waals surface area contributed by atoms with Crippen molar-refractivity contribution in [3.8, 4) is 34.5 Å². The molecule has 3 rings (SSSR count). The maximum absolute atomic E-state index is 13.1. The van der Waals surface area contributed by atoms with E-state index in [9.17, 15) is 30.3 Å². The minimum Gasteiger partial charge on any atom is -0.508 e. The van der Waals surface area contributed by atoms with Crippen LogP contribution in [-0.2, 0) is 4.74 Å². The number of ketones is 1. The number of phenols is 5. The maximum Gasteiger partial charge on any atom is 0.203 e. The molecule has 8 nitrogen and oxygen atoms in total. The van der Waals surface area contributed by atoms with Crippen LogP contribution in [0.1, 0.15) is 48.7 Å². The van der Waals surface area contributed by atoms with Gasteiger partial charge in [0.25, 0.3) is 0 Å². The van der Waals surface area contributed by atoms with Crippen molar-refractivity contribution in [3.63, 3.8) is 0 Å². The van der Waals surface area contributed by atoms with E-state index in [1.165, 1.54) is 6.07 Å². The molecule has 0 aliphatic carbocycles. The van der Waals surface area contributed by atoms with E-state index in [1.54, 1.807) is 0 Å². The Balaban J connectivity index is 2.06. The third kappa shape index (κ3) is 3.88. The van der Waals surface area contributed by atoms with Crippen LogP contribution in [-0.4, -0.2) is 44.0 Å². The topological polar surface area (TPSA) is 137 Å². The van der Waals surface area contributed by atoms with Crippen LogP contribution in [0.5, 0.6) is 34.5 Å². The smallest absolute Gasteiger partial charge is 0.203 e. The molecule has 5 N–H and O–H groups in total. The second kappa shape index (κ2) is 8.08. The van der Waals surface area contributed by atoms with E-state index in [-0.39, 0.29) is 35.2 Å². The van der Waals surface area contributed by atoms with Crippen LogP contribution in [0.3, 0.4) is 0 Å². The molecule has 0 fully saturated rings. The first-order chi connectivity index (χ1) is 13.8. The van der Waals surface area contributed by atoms with Gasteiger partial charge in [-0.15, -0.1) is 0 Å². The lowest BCUT2D eigenvalue weighted by molar-refractivity contribution is -0.0339. The summed E-state index contributed by atoms with van der Waals surface area (Å²) < 4.78 is 11.7. The molecule has 1 aliphatic heterocycles. The van der Waals surface area contributed by atoms with Gasteiger partial charge in [-0.2, -0.15) is 0 Å². The lowest BCUT2D eigenvalue weighted by Crippen LogP contribution is -2.39. The lowest BCUT2D eigenvalue weighted by atomic mass is 9.92. The fraction of sp³-hybridized carbons (Fsp3) is 0.381. The Kier molecular flexibility index (Phi) is 5.74. The van der Waals surface area contributed by atoms with Crippen LogP contribution in [0.2, 0.25) is 0 Å². The summed E-state index contributed by atoms with van der Waals surface area (Å²) in [6.45, 7) is 4.29. The Hall–Kier alpha value is -3.13. The van der Waals surface area contributed by atoms with E-state index in [0.717, 1.165) is 31.0 Å². The molecule has 0 saturated carbocycles. The minimum atomic E-state index is -1.16. The van der Waals surface area contributed by atoms with Crippen LogP contribution in [0.15, 0.2) is 24.3 Å². The Bertz CT molecular complexity index is 896. The molecule has 0 bridgehead atoms. The van der Waals surface area contributed by atoms with Crippen molar-refractivity contribution < 1.29 is 39.8 Å². The van der Waals surface area contributed by atoms with E-state index in [4.69, 9.17) is 9.47 Å². The quantitative estimate of drug-likeness (QED) is 0.462. The molecule has 2 atom stereocenters. The van der Waals surface area contributed by atoms with Crippen molar-refractivity contribution in [3.05, 3.63) is 35.4 Å². The van der Waals surface area contributed by atoms with Crippen molar-refractivity contribution in [1.82, 2.24) is 0 Å². The third-order valence-electron chi connectivity index (χ3n) is 5.19. The van der Waals surface area contributed by atoms with Crippen molar-refractivity contribution >= 4 is 5.78 Å². The third-order valence-corrected chi connectivity index (χ3v) is 5.19. The van der Waals surface area contributed by atoms with Gasteiger partial charge in [0.05, 0.1) is 6.61 Å². The summed E-state index contributed by atoms with van der Waals surface area (Å²) >= 11 is 0. The summed E-state index contributed by atoms with van der Waals surface area (Å²) in [6, 6.07) is 4.55. The van der Waals surface area contributed by atoms with Crippen LogP contribution < -0.4 is 4.74 Å². The standard InChI is InChI=1S/C21H24O8/c1-3-10(4-2)9-28-21-19(27)17-13(23)7-12(22)8-16(17)29-20(21)11-5-14(24)18(26)15(25)6-11/h5-8,10,20-26H,3-4,9H2,1-2H3/t20-,21+/m1/s1. The number of rotatable bonds is 6. The van der Waals surface area contributed by atoms with Gasteiger partial charge in [-0.3, -0.25) is 4.79 Å². The average molecular weight is 404 g/mol. The van der Waals surface area contributed by atoms with E-state index in [0.29, 0.717) is 0 Å². The fourth-order valence-electron chi connectivity index (χ4n) is 3.37. The zero-order valence-electron chi connectivity index (χ0n) is 16.1. The summed E-state index contributed by atoms with van der Waals surface area (Å²) in [6.07, 6.45) is -0.552. The number of benzene rings is 2. The molecule has 8 heteroatoms. The summed E-state index contributed by atoms with van der Waals surface area (Å²) in [5.41, 5.74) is 0.0787. The highest BCUT2D eigenvalue weighted by molar-refractivity contribution is 6.05. The number of Topliss-reactive ketones (excluding diaryl/α,β-unsaturated/α-hetero) is 1. The van der Waals surface area contributed by atoms with Crippen LogP contribution in [0.25, 0.3) is 0 Å². The molecular formula is C21H24O8. The van der Waals surface area contributed by atoms with Crippen molar-refractivity contribution in [2.45, 2.75) is 38.9 Å². The fourth-order valence-corrected chi connectivity index (χ4v) is 3.37. The van der Waals surface area contributed by atoms with Gasteiger partial charge in [0.2, 0.25) is 5.78 Å². The van der Waals surface area contributed by atoms with Crippen LogP contribution in [0.4, 0.5) is 0 Å². The lowest BCUT2D eigenvalue weighted by Gasteiger charge is -2.33. The van der Waals surface area contributed by atoms with Gasteiger partial charge < -0.3 is 35.0 Å². The first-order valence-electron chi connectivity index (χ1n) is 9.40. The number of ether oxygens (including phenoxy) is 2. The Morgan fingerprint density at radius 2 is 1.59 bits per heavy atom. The Morgan fingerprint density at radius 1 is 0.966 bits per heavy atom. The highest BCUT2D eigenvalue weighted by atomic mass is 16.5. The normalized spacial score (nSPS) is 18.5. The van der Waals surface area contributed by atoms with Crippen molar-refractivity contribution in [2.75, 3.05) is 6.61 Å². The molecule has 156 valence electrons. The van der Waals surface area contributed by atoms with Crippen molar-refractivity contribution in [2.24, 2.45) is 5.92 Å². The largest absolute Gasteiger partial charge is 0.508 e. The molecular weight excluding hydrogens is 380 g/mol. The van der Waals surface area contributed by atoms with Gasteiger partial charge in [0.1, 0.15) is 22.8 Å². The van der Waals surface area contributed by atoms with Crippen LogP contribution >= 0.6 is 0 Å². The summed E-state index contributed by atoms with van der Waals surface area (Å²) in [5.74, 6) is -2.98. The van der Waals surface area contributed by atoms with Gasteiger partial charge in [0.15, 0.2) is 29.5 Å². The van der Waals surface area contributed by atoms with Gasteiger partial charge in [-0.05, 0) is 18.1 Å². The molecule has 1 aliphatic rings. The first-order valence-corrected chi connectivity index (χ1v) is 9.40. The van der Waals surface area contributed by atoms with E-state index >= 15 is 0 Å². The number of carbonyl (C=O) groups excluding carboxylic acids is 1. The second-order valence-corrected chi connectivity index (χ2v) is 7.08. The van der Waals surface area contributed by atoms with Gasteiger partial charge >= 0.3 is 0 Å². The summed E-state index contributed by atoms with van der Waals surface area (Å²) in [4.78, 5) is 13.1. The first kappa shape index (κ1) is 20.6. The minimum absolute atomic E-state index is 0.0491. The monoisotopic (exact) mass is 404 g/mol. The van der Waals surface area contributed by atoms with Gasteiger partial charge in [0, 0.05) is 17.7 Å². The zero-order valence-corrected chi connectivity index (χ0v) is 16.1. The van der Waals surface area contributed by atoms with E-state index in [2.05, 4.69) is 0 Å². The number of carbonyl (C=O) groups is 1. The molecule has 0 radical (unpaired) electrons. The zero-order chi connectivity index (χ0) is 21.3. The Morgan fingerprint density at radius 3 is 2.17 bits per heavy atom. The van der Waals surface area contributed by atoms with Gasteiger partial charge in [-0.25, -0.2) is 0 Å². The van der Waals surface area contributed by atoms with Crippen molar-refractivity contribution in [1.29, 1.82) is 0 Å². The van der Waals surface area contributed by atoms with E-state index in [1.807, 2.05) is 13.8 Å². The van der Waals surface area contributed by atoms with Crippen LogP contribution in [0, 0.1) is 5.92 Å². The Labute approximate surface area is 167 Å². The molecule has 2 aromatic carbocycles. The predicted octanol–water partition coefficient (Wildman–Crippen LogP) is 3.35. The average Bonchev–Trinajstić information content (AvgIpc) is 2.67. The number of fused-ring (bicyclic) bond motifs is 1. The summed E-state index contributed by atoms with van der Waals surface area (Å²) in [5, 5.41) is 49.2. The predicted molar refractivity (Wildman–Crippen MR) is 103 cm³/mol.